The van der Waals surface area contributed by atoms with Gasteiger partial charge in [0.15, 0.2) is 0 Å². The molecule has 0 aliphatic heterocycles. The molecular formula is C14H12OSi. The van der Waals surface area contributed by atoms with Crippen molar-refractivity contribution in [2.45, 2.75) is 13.5 Å². The largest absolute Gasteiger partial charge is 0.456 e. The fourth-order valence-corrected chi connectivity index (χ4v) is 2.78. The Labute approximate surface area is 96.9 Å². The second-order valence-electron chi connectivity index (χ2n) is 4.03. The lowest BCUT2D eigenvalue weighted by Crippen LogP contribution is -2.09. The first-order valence-electron chi connectivity index (χ1n) is 5.39. The van der Waals surface area contributed by atoms with Gasteiger partial charge in [-0.1, -0.05) is 36.4 Å². The lowest BCUT2D eigenvalue weighted by atomic mass is 10.1. The van der Waals surface area contributed by atoms with Crippen LogP contribution in [0.1, 0.15) is 5.56 Å². The molecule has 2 aromatic carbocycles. The molecule has 3 aromatic rings. The van der Waals surface area contributed by atoms with Crippen LogP contribution in [0.25, 0.3) is 21.9 Å². The molecule has 78 valence electrons. The Morgan fingerprint density at radius 2 is 1.94 bits per heavy atom. The molecule has 2 heteroatoms. The average molecular weight is 224 g/mol. The van der Waals surface area contributed by atoms with Crippen LogP contribution in [0.5, 0.6) is 0 Å². The summed E-state index contributed by atoms with van der Waals surface area (Å²) in [6.45, 7) is 4.30. The maximum atomic E-state index is 5.94. The molecule has 2 radical (unpaired) electrons. The van der Waals surface area contributed by atoms with Gasteiger partial charge >= 0.3 is 0 Å². The topological polar surface area (TPSA) is 13.1 Å². The fourth-order valence-electron chi connectivity index (χ4n) is 2.11. The zero-order valence-corrected chi connectivity index (χ0v) is 10.4. The molecule has 0 spiro atoms. The van der Waals surface area contributed by atoms with Crippen molar-refractivity contribution >= 4 is 36.6 Å². The van der Waals surface area contributed by atoms with Crippen LogP contribution in [0.4, 0.5) is 0 Å². The van der Waals surface area contributed by atoms with E-state index in [2.05, 4.69) is 49.9 Å². The van der Waals surface area contributed by atoms with Crippen molar-refractivity contribution in [3.05, 3.63) is 42.0 Å². The smallest absolute Gasteiger partial charge is 0.135 e. The van der Waals surface area contributed by atoms with E-state index in [0.717, 1.165) is 20.7 Å². The normalized spacial score (nSPS) is 11.4. The summed E-state index contributed by atoms with van der Waals surface area (Å²) in [6.07, 6.45) is 0. The molecule has 0 aliphatic rings. The quantitative estimate of drug-likeness (QED) is 0.578. The molecule has 0 bridgehead atoms. The average Bonchev–Trinajstić information content (AvgIpc) is 2.67. The predicted molar refractivity (Wildman–Crippen MR) is 69.7 cm³/mol. The Kier molecular flexibility index (Phi) is 2.11. The van der Waals surface area contributed by atoms with Gasteiger partial charge in [-0.05, 0) is 24.2 Å². The molecule has 3 rings (SSSR count). The van der Waals surface area contributed by atoms with Crippen molar-refractivity contribution < 1.29 is 4.42 Å². The molecule has 0 saturated carbocycles. The molecular weight excluding hydrogens is 212 g/mol. The third kappa shape index (κ3) is 1.30. The summed E-state index contributed by atoms with van der Waals surface area (Å²) in [5.41, 5.74) is 3.33. The van der Waals surface area contributed by atoms with Gasteiger partial charge in [-0.15, -0.1) is 0 Å². The fraction of sp³-hybridized carbons (Fsp3) is 0.143. The molecule has 0 N–H and O–H groups in total. The maximum Gasteiger partial charge on any atom is 0.135 e. The molecule has 1 nitrogen and oxygen atoms in total. The SMILES string of the molecule is C[Si]c1cccc2c1oc1ccc(C)cc12. The summed E-state index contributed by atoms with van der Waals surface area (Å²) in [5.74, 6) is 0. The van der Waals surface area contributed by atoms with Crippen molar-refractivity contribution in [1.29, 1.82) is 0 Å². The van der Waals surface area contributed by atoms with Gasteiger partial charge in [0, 0.05) is 10.8 Å². The van der Waals surface area contributed by atoms with Crippen LogP contribution in [0.3, 0.4) is 0 Å². The van der Waals surface area contributed by atoms with E-state index in [1.807, 2.05) is 0 Å². The van der Waals surface area contributed by atoms with Gasteiger partial charge in [-0.2, -0.15) is 0 Å². The number of aryl methyl sites for hydroxylation is 1. The third-order valence-corrected chi connectivity index (χ3v) is 3.85. The van der Waals surface area contributed by atoms with Gasteiger partial charge in [0.05, 0.1) is 9.52 Å². The lowest BCUT2D eigenvalue weighted by molar-refractivity contribution is 0.671. The van der Waals surface area contributed by atoms with Gasteiger partial charge in [0.25, 0.3) is 0 Å². The van der Waals surface area contributed by atoms with E-state index in [-0.39, 0.29) is 0 Å². The first-order chi connectivity index (χ1) is 7.79. The zero-order chi connectivity index (χ0) is 11.1. The number of fused-ring (bicyclic) bond motifs is 3. The second-order valence-corrected chi connectivity index (χ2v) is 5.07. The summed E-state index contributed by atoms with van der Waals surface area (Å²) in [5, 5.41) is 3.78. The van der Waals surface area contributed by atoms with Crippen molar-refractivity contribution in [3.8, 4) is 0 Å². The van der Waals surface area contributed by atoms with Gasteiger partial charge in [-0.3, -0.25) is 0 Å². The van der Waals surface area contributed by atoms with Gasteiger partial charge in [0.1, 0.15) is 11.2 Å². The van der Waals surface area contributed by atoms with Crippen molar-refractivity contribution in [2.24, 2.45) is 0 Å². The molecule has 0 fully saturated rings. The number of rotatable bonds is 1. The van der Waals surface area contributed by atoms with E-state index in [1.54, 1.807) is 0 Å². The van der Waals surface area contributed by atoms with Gasteiger partial charge in [0.2, 0.25) is 0 Å². The Hall–Kier alpha value is -1.54. The number of benzene rings is 2. The monoisotopic (exact) mass is 224 g/mol. The second kappa shape index (κ2) is 3.49. The Balaban J connectivity index is 2.50. The van der Waals surface area contributed by atoms with Crippen molar-refractivity contribution in [2.75, 3.05) is 0 Å². The highest BCUT2D eigenvalue weighted by atomic mass is 28.2. The minimum Gasteiger partial charge on any atom is -0.456 e. The molecule has 0 aliphatic carbocycles. The Morgan fingerprint density at radius 1 is 1.06 bits per heavy atom. The number of para-hydroxylation sites is 1. The van der Waals surface area contributed by atoms with Gasteiger partial charge < -0.3 is 4.42 Å². The summed E-state index contributed by atoms with van der Waals surface area (Å²) < 4.78 is 5.94. The molecule has 0 unspecified atom stereocenters. The van der Waals surface area contributed by atoms with E-state index in [1.165, 1.54) is 21.5 Å². The molecule has 0 amide bonds. The number of hydrogen-bond acceptors (Lipinski definition) is 1. The predicted octanol–water partition coefficient (Wildman–Crippen LogP) is 3.27. The van der Waals surface area contributed by atoms with Crippen LogP contribution >= 0.6 is 0 Å². The van der Waals surface area contributed by atoms with E-state index in [4.69, 9.17) is 4.42 Å². The molecule has 0 saturated heterocycles. The number of hydrogen-bond donors (Lipinski definition) is 0. The Morgan fingerprint density at radius 3 is 2.75 bits per heavy atom. The number of furan rings is 1. The first kappa shape index (κ1) is 9.67. The third-order valence-electron chi connectivity index (χ3n) is 2.92. The van der Waals surface area contributed by atoms with E-state index in [9.17, 15) is 0 Å². The summed E-state index contributed by atoms with van der Waals surface area (Å²) in [6, 6.07) is 12.8. The Bertz CT molecular complexity index is 667. The van der Waals surface area contributed by atoms with Crippen LogP contribution in [-0.2, 0) is 0 Å². The lowest BCUT2D eigenvalue weighted by Gasteiger charge is -1.95. The maximum absolute atomic E-state index is 5.94. The summed E-state index contributed by atoms with van der Waals surface area (Å²) in [4.78, 5) is 0. The van der Waals surface area contributed by atoms with E-state index < -0.39 is 0 Å². The summed E-state index contributed by atoms with van der Waals surface area (Å²) >= 11 is 0. The van der Waals surface area contributed by atoms with E-state index in [0.29, 0.717) is 0 Å². The highest BCUT2D eigenvalue weighted by Crippen LogP contribution is 2.27. The zero-order valence-electron chi connectivity index (χ0n) is 9.37. The van der Waals surface area contributed by atoms with Crippen LogP contribution in [0.15, 0.2) is 40.8 Å². The highest BCUT2D eigenvalue weighted by Gasteiger charge is 2.09. The van der Waals surface area contributed by atoms with Crippen LogP contribution in [-0.4, -0.2) is 9.52 Å². The van der Waals surface area contributed by atoms with Gasteiger partial charge in [-0.25, -0.2) is 0 Å². The van der Waals surface area contributed by atoms with Crippen molar-refractivity contribution in [1.82, 2.24) is 0 Å². The van der Waals surface area contributed by atoms with E-state index >= 15 is 0 Å². The minimum atomic E-state index is 0.772. The van der Waals surface area contributed by atoms with Crippen LogP contribution < -0.4 is 5.19 Å². The minimum absolute atomic E-state index is 0.772. The van der Waals surface area contributed by atoms with Crippen LogP contribution in [0.2, 0.25) is 6.55 Å². The molecule has 1 heterocycles. The molecule has 0 atom stereocenters. The van der Waals surface area contributed by atoms with Crippen LogP contribution in [0, 0.1) is 6.92 Å². The van der Waals surface area contributed by atoms with Crippen molar-refractivity contribution in [3.63, 3.8) is 0 Å². The first-order valence-corrected chi connectivity index (χ1v) is 6.89. The summed E-state index contributed by atoms with van der Waals surface area (Å²) in [7, 11) is 0.772. The molecule has 1 aromatic heterocycles. The molecule has 16 heavy (non-hydrogen) atoms. The standard InChI is InChI=1S/C14H12OSi/c1-9-6-7-12-11(8-9)10-4-3-5-13(16-2)14(10)15-12/h3-8H,1-2H3. The highest BCUT2D eigenvalue weighted by molar-refractivity contribution is 6.55.